The molecule has 3 aromatic rings. The van der Waals surface area contributed by atoms with Crippen LogP contribution in [0.5, 0.6) is 23.0 Å². The number of benzene rings is 2. The van der Waals surface area contributed by atoms with Crippen LogP contribution in [0.3, 0.4) is 0 Å². The number of ether oxygens (including phenoxy) is 4. The van der Waals surface area contributed by atoms with E-state index in [1.807, 2.05) is 12.3 Å². The molecule has 0 fully saturated rings. The van der Waals surface area contributed by atoms with Crippen LogP contribution in [0.15, 0.2) is 53.7 Å². The van der Waals surface area contributed by atoms with Crippen molar-refractivity contribution in [2.75, 3.05) is 28.4 Å². The van der Waals surface area contributed by atoms with Crippen molar-refractivity contribution in [3.63, 3.8) is 0 Å². The van der Waals surface area contributed by atoms with Crippen LogP contribution in [0.1, 0.15) is 15.9 Å². The highest BCUT2D eigenvalue weighted by Crippen LogP contribution is 2.36. The molecule has 9 nitrogen and oxygen atoms in total. The highest BCUT2D eigenvalue weighted by molar-refractivity contribution is 7.84. The number of carbonyl (C=O) groups excluding carboxylic acids is 1. The minimum atomic E-state index is -1.95. The van der Waals surface area contributed by atoms with Gasteiger partial charge in [-0.25, -0.2) is 4.21 Å². The molecule has 0 bridgehead atoms. The fraction of sp³-hybridized carbons (Fsp3) is 0.238. The fourth-order valence-corrected chi connectivity index (χ4v) is 3.97. The van der Waals surface area contributed by atoms with Gasteiger partial charge >= 0.3 is 0 Å². The van der Waals surface area contributed by atoms with Gasteiger partial charge in [-0.3, -0.25) is 14.2 Å². The molecule has 1 amide bonds. The summed E-state index contributed by atoms with van der Waals surface area (Å²) in [6.07, 6.45) is 3.52. The van der Waals surface area contributed by atoms with Crippen LogP contribution < -0.4 is 23.7 Å². The first-order valence-electron chi connectivity index (χ1n) is 9.17. The van der Waals surface area contributed by atoms with E-state index < -0.39 is 16.9 Å². The zero-order valence-corrected chi connectivity index (χ0v) is 18.4. The molecule has 1 atom stereocenters. The second-order valence-corrected chi connectivity index (χ2v) is 7.44. The van der Waals surface area contributed by atoms with Crippen molar-refractivity contribution in [2.24, 2.45) is 0 Å². The van der Waals surface area contributed by atoms with Gasteiger partial charge in [0.05, 0.1) is 35.0 Å². The highest BCUT2D eigenvalue weighted by atomic mass is 32.2. The van der Waals surface area contributed by atoms with Gasteiger partial charge in [-0.2, -0.15) is 5.10 Å². The number of rotatable bonds is 9. The van der Waals surface area contributed by atoms with Crippen molar-refractivity contribution in [3.8, 4) is 23.0 Å². The first-order valence-corrected chi connectivity index (χ1v) is 10.3. The van der Waals surface area contributed by atoms with Crippen molar-refractivity contribution >= 4 is 16.9 Å². The molecule has 164 valence electrons. The van der Waals surface area contributed by atoms with Crippen LogP contribution >= 0.6 is 0 Å². The number of hydrogen-bond donors (Lipinski definition) is 1. The zero-order valence-electron chi connectivity index (χ0n) is 17.6. The smallest absolute Gasteiger partial charge is 0.263 e. The summed E-state index contributed by atoms with van der Waals surface area (Å²) in [5, 5.41) is 4.17. The van der Waals surface area contributed by atoms with E-state index in [0.717, 1.165) is 5.56 Å². The number of nitrogens with one attached hydrogen (secondary N) is 1. The third-order valence-electron chi connectivity index (χ3n) is 4.48. The molecule has 0 radical (unpaired) electrons. The monoisotopic (exact) mass is 445 g/mol. The lowest BCUT2D eigenvalue weighted by molar-refractivity contribution is 0.0982. The van der Waals surface area contributed by atoms with E-state index in [0.29, 0.717) is 23.6 Å². The van der Waals surface area contributed by atoms with Crippen molar-refractivity contribution < 1.29 is 28.0 Å². The number of methoxy groups -OCH3 is 4. The van der Waals surface area contributed by atoms with Crippen LogP contribution in [0.25, 0.3) is 0 Å². The number of carbonyl (C=O) groups is 1. The SMILES string of the molecule is COc1cc(OC)c(S(=O)NC(=O)c2ccc(Cn3cccn3)c(OC)c2)c(OC)c1. The zero-order chi connectivity index (χ0) is 22.4. The first-order chi connectivity index (χ1) is 15.0. The second kappa shape index (κ2) is 9.98. The Bertz CT molecular complexity index is 1060. The highest BCUT2D eigenvalue weighted by Gasteiger charge is 2.22. The van der Waals surface area contributed by atoms with Crippen LogP contribution in [0.2, 0.25) is 0 Å². The van der Waals surface area contributed by atoms with Crippen LogP contribution in [-0.4, -0.2) is 48.3 Å². The number of nitrogens with zero attached hydrogens (tertiary/aromatic N) is 2. The van der Waals surface area contributed by atoms with E-state index in [1.165, 1.54) is 28.4 Å². The third-order valence-corrected chi connectivity index (χ3v) is 5.63. The van der Waals surface area contributed by atoms with Gasteiger partial charge in [0.1, 0.15) is 27.9 Å². The summed E-state index contributed by atoms with van der Waals surface area (Å²) in [7, 11) is 3.93. The average Bonchev–Trinajstić information content (AvgIpc) is 3.31. The quantitative estimate of drug-likeness (QED) is 0.540. The van der Waals surface area contributed by atoms with Gasteiger partial charge in [-0.05, 0) is 18.2 Å². The molecule has 1 unspecified atom stereocenters. The van der Waals surface area contributed by atoms with Gasteiger partial charge in [-0.15, -0.1) is 0 Å². The van der Waals surface area contributed by atoms with Gasteiger partial charge in [0.2, 0.25) is 0 Å². The van der Waals surface area contributed by atoms with Gasteiger partial charge in [-0.1, -0.05) is 6.07 Å². The van der Waals surface area contributed by atoms with E-state index in [1.54, 1.807) is 41.2 Å². The molecule has 3 rings (SSSR count). The lowest BCUT2D eigenvalue weighted by atomic mass is 10.1. The standard InChI is InChI=1S/C21H23N3O6S/c1-27-16-11-18(29-3)20(19(12-16)30-4)31(26)23-21(25)14-6-7-15(17(10-14)28-2)13-24-9-5-8-22-24/h5-12H,13H2,1-4H3,(H,23,25). The van der Waals surface area contributed by atoms with Crippen LogP contribution in [0, 0.1) is 0 Å². The summed E-state index contributed by atoms with van der Waals surface area (Å²) >= 11 is 0. The van der Waals surface area contributed by atoms with Crippen LogP contribution in [0.4, 0.5) is 0 Å². The third kappa shape index (κ3) is 4.97. The molecule has 31 heavy (non-hydrogen) atoms. The maximum absolute atomic E-state index is 13.0. The summed E-state index contributed by atoms with van der Waals surface area (Å²) in [5.41, 5.74) is 1.14. The largest absolute Gasteiger partial charge is 0.496 e. The van der Waals surface area contributed by atoms with Crippen LogP contribution in [-0.2, 0) is 17.5 Å². The number of hydrogen-bond acceptors (Lipinski definition) is 7. The van der Waals surface area contributed by atoms with Gasteiger partial charge in [0.25, 0.3) is 5.91 Å². The molecule has 1 aromatic heterocycles. The maximum Gasteiger partial charge on any atom is 0.263 e. The molecule has 0 aliphatic rings. The molecule has 1 N–H and O–H groups in total. The Balaban J connectivity index is 1.84. The molecule has 0 aliphatic heterocycles. The summed E-state index contributed by atoms with van der Waals surface area (Å²) in [5.74, 6) is 0.984. The average molecular weight is 445 g/mol. The van der Waals surface area contributed by atoms with Gasteiger partial charge in [0.15, 0.2) is 11.0 Å². The number of aromatic nitrogens is 2. The molecule has 10 heteroatoms. The lowest BCUT2D eigenvalue weighted by Gasteiger charge is -2.15. The van der Waals surface area contributed by atoms with Gasteiger partial charge < -0.3 is 18.9 Å². The van der Waals surface area contributed by atoms with E-state index in [-0.39, 0.29) is 16.4 Å². The molecule has 0 spiro atoms. The van der Waals surface area contributed by atoms with Crippen molar-refractivity contribution in [1.29, 1.82) is 0 Å². The van der Waals surface area contributed by atoms with Crippen molar-refractivity contribution in [2.45, 2.75) is 11.4 Å². The van der Waals surface area contributed by atoms with E-state index in [4.69, 9.17) is 18.9 Å². The lowest BCUT2D eigenvalue weighted by Crippen LogP contribution is -2.26. The second-order valence-electron chi connectivity index (χ2n) is 6.29. The van der Waals surface area contributed by atoms with E-state index in [2.05, 4.69) is 9.82 Å². The maximum atomic E-state index is 13.0. The normalized spacial score (nSPS) is 11.5. The summed E-state index contributed by atoms with van der Waals surface area (Å²) < 4.78 is 38.4. The van der Waals surface area contributed by atoms with Gasteiger partial charge in [0, 0.05) is 35.7 Å². The van der Waals surface area contributed by atoms with Crippen molar-refractivity contribution in [3.05, 3.63) is 59.9 Å². The Kier molecular flexibility index (Phi) is 7.14. The Morgan fingerprint density at radius 3 is 2.23 bits per heavy atom. The molecule has 0 saturated carbocycles. The summed E-state index contributed by atoms with van der Waals surface area (Å²) in [4.78, 5) is 13.0. The topological polar surface area (TPSA) is 101 Å². The Morgan fingerprint density at radius 2 is 1.68 bits per heavy atom. The first kappa shape index (κ1) is 22.2. The summed E-state index contributed by atoms with van der Waals surface area (Å²) in [6.45, 7) is 0.490. The molecular formula is C21H23N3O6S. The Morgan fingerprint density at radius 1 is 1.00 bits per heavy atom. The minimum Gasteiger partial charge on any atom is -0.496 e. The number of amides is 1. The molecule has 2 aromatic carbocycles. The van der Waals surface area contributed by atoms with E-state index in [9.17, 15) is 9.00 Å². The summed E-state index contributed by atoms with van der Waals surface area (Å²) in [6, 6.07) is 9.95. The molecule has 0 aliphatic carbocycles. The molecule has 0 saturated heterocycles. The van der Waals surface area contributed by atoms with E-state index >= 15 is 0 Å². The minimum absolute atomic E-state index is 0.196. The molecular weight excluding hydrogens is 422 g/mol. The molecule has 1 heterocycles. The predicted molar refractivity (Wildman–Crippen MR) is 114 cm³/mol. The van der Waals surface area contributed by atoms with Crippen molar-refractivity contribution in [1.82, 2.24) is 14.5 Å². The predicted octanol–water partition coefficient (Wildman–Crippen LogP) is 2.42. The Labute approximate surface area is 182 Å². The Hall–Kier alpha value is -3.53. The fourth-order valence-electron chi connectivity index (χ4n) is 2.94.